The van der Waals surface area contributed by atoms with Crippen molar-refractivity contribution in [1.29, 1.82) is 0 Å². The molecule has 21 heavy (non-hydrogen) atoms. The molecule has 2 aromatic rings. The van der Waals surface area contributed by atoms with Gasteiger partial charge in [-0.25, -0.2) is 4.98 Å². The van der Waals surface area contributed by atoms with E-state index in [-0.39, 0.29) is 5.97 Å². The van der Waals surface area contributed by atoms with Crippen LogP contribution >= 0.6 is 22.9 Å². The van der Waals surface area contributed by atoms with Gasteiger partial charge >= 0.3 is 5.97 Å². The highest BCUT2D eigenvalue weighted by molar-refractivity contribution is 7.15. The van der Waals surface area contributed by atoms with E-state index in [1.807, 2.05) is 38.1 Å². The molecule has 0 aliphatic rings. The number of halogens is 1. The average molecular weight is 326 g/mol. The number of rotatable bonds is 5. The highest BCUT2D eigenvalue weighted by Gasteiger charge is 2.31. The Morgan fingerprint density at radius 1 is 1.43 bits per heavy atom. The van der Waals surface area contributed by atoms with Gasteiger partial charge in [-0.2, -0.15) is 0 Å². The zero-order valence-electron chi connectivity index (χ0n) is 12.1. The van der Waals surface area contributed by atoms with Gasteiger partial charge in [-0.1, -0.05) is 23.7 Å². The summed E-state index contributed by atoms with van der Waals surface area (Å²) in [7, 11) is 1.39. The van der Waals surface area contributed by atoms with Gasteiger partial charge in [-0.05, 0) is 31.5 Å². The van der Waals surface area contributed by atoms with Crippen molar-refractivity contribution in [2.24, 2.45) is 0 Å². The fourth-order valence-corrected chi connectivity index (χ4v) is 2.74. The minimum absolute atomic E-state index is 0.283. The number of methoxy groups -OCH3 is 1. The number of hydrogen-bond acceptors (Lipinski definition) is 5. The smallest absolute Gasteiger partial charge is 0.315 e. The quantitative estimate of drug-likeness (QED) is 0.784. The molecule has 0 amide bonds. The number of aromatic nitrogens is 1. The lowest BCUT2D eigenvalue weighted by Crippen LogP contribution is -2.30. The summed E-state index contributed by atoms with van der Waals surface area (Å²) < 4.78 is 11.0. The van der Waals surface area contributed by atoms with E-state index in [0.29, 0.717) is 16.8 Å². The van der Waals surface area contributed by atoms with E-state index in [4.69, 9.17) is 21.1 Å². The molecule has 2 rings (SSSR count). The molecule has 0 saturated carbocycles. The Morgan fingerprint density at radius 3 is 2.81 bits per heavy atom. The summed E-state index contributed by atoms with van der Waals surface area (Å²) in [4.78, 5) is 16.7. The van der Waals surface area contributed by atoms with Crippen molar-refractivity contribution in [2.45, 2.75) is 25.9 Å². The Labute approximate surface area is 132 Å². The fraction of sp³-hybridized carbons (Fsp3) is 0.333. The van der Waals surface area contributed by atoms with E-state index in [9.17, 15) is 4.79 Å². The SMILES string of the molecule is COC(=O)C(C)(C)c1cccc(OCc2cnc(Cl)s2)c1. The van der Waals surface area contributed by atoms with E-state index in [0.717, 1.165) is 10.4 Å². The lowest BCUT2D eigenvalue weighted by Gasteiger charge is -2.22. The first-order chi connectivity index (χ1) is 9.93. The van der Waals surface area contributed by atoms with Crippen molar-refractivity contribution in [1.82, 2.24) is 4.98 Å². The summed E-state index contributed by atoms with van der Waals surface area (Å²) in [5, 5.41) is 0. The lowest BCUT2D eigenvalue weighted by molar-refractivity contribution is -0.146. The van der Waals surface area contributed by atoms with E-state index in [1.165, 1.54) is 18.4 Å². The molecule has 0 saturated heterocycles. The summed E-state index contributed by atoms with van der Waals surface area (Å²) in [6.45, 7) is 4.04. The van der Waals surface area contributed by atoms with Gasteiger partial charge in [0.1, 0.15) is 12.4 Å². The molecule has 1 aromatic heterocycles. The summed E-state index contributed by atoms with van der Waals surface area (Å²) in [6, 6.07) is 7.43. The molecule has 0 aliphatic heterocycles. The monoisotopic (exact) mass is 325 g/mol. The van der Waals surface area contributed by atoms with Gasteiger partial charge in [-0.3, -0.25) is 4.79 Å². The second kappa shape index (κ2) is 6.45. The van der Waals surface area contributed by atoms with E-state index >= 15 is 0 Å². The minimum Gasteiger partial charge on any atom is -0.488 e. The first-order valence-electron chi connectivity index (χ1n) is 6.35. The number of carbonyl (C=O) groups is 1. The number of hydrogen-bond donors (Lipinski definition) is 0. The molecular formula is C15H16ClNO3S. The van der Waals surface area contributed by atoms with Crippen LogP contribution in [0.5, 0.6) is 5.75 Å². The van der Waals surface area contributed by atoms with Crippen LogP contribution in [0.3, 0.4) is 0 Å². The Morgan fingerprint density at radius 2 is 2.19 bits per heavy atom. The van der Waals surface area contributed by atoms with Gasteiger partial charge in [0.05, 0.1) is 17.4 Å². The highest BCUT2D eigenvalue weighted by atomic mass is 35.5. The Balaban J connectivity index is 2.12. The topological polar surface area (TPSA) is 48.4 Å². The fourth-order valence-electron chi connectivity index (χ4n) is 1.85. The molecule has 4 nitrogen and oxygen atoms in total. The van der Waals surface area contributed by atoms with Gasteiger partial charge in [-0.15, -0.1) is 11.3 Å². The van der Waals surface area contributed by atoms with Crippen LogP contribution in [0.1, 0.15) is 24.3 Å². The molecule has 0 unspecified atom stereocenters. The third kappa shape index (κ3) is 3.74. The third-order valence-electron chi connectivity index (χ3n) is 3.16. The van der Waals surface area contributed by atoms with Crippen molar-refractivity contribution in [2.75, 3.05) is 7.11 Å². The zero-order chi connectivity index (χ0) is 15.5. The maximum atomic E-state index is 11.8. The van der Waals surface area contributed by atoms with Crippen LogP contribution in [-0.4, -0.2) is 18.1 Å². The maximum Gasteiger partial charge on any atom is 0.315 e. The van der Waals surface area contributed by atoms with Crippen LogP contribution in [0.2, 0.25) is 4.47 Å². The molecule has 112 valence electrons. The second-order valence-electron chi connectivity index (χ2n) is 5.01. The Kier molecular flexibility index (Phi) is 4.85. The molecule has 0 atom stereocenters. The first-order valence-corrected chi connectivity index (χ1v) is 7.55. The predicted molar refractivity (Wildman–Crippen MR) is 82.9 cm³/mol. The van der Waals surface area contributed by atoms with Crippen molar-refractivity contribution >= 4 is 28.9 Å². The summed E-state index contributed by atoms with van der Waals surface area (Å²) >= 11 is 7.16. The van der Waals surface area contributed by atoms with Crippen molar-refractivity contribution in [3.8, 4) is 5.75 Å². The molecule has 0 aliphatic carbocycles. The normalized spacial score (nSPS) is 11.2. The Bertz CT molecular complexity index is 639. The van der Waals surface area contributed by atoms with Crippen molar-refractivity contribution in [3.63, 3.8) is 0 Å². The van der Waals surface area contributed by atoms with Gasteiger partial charge in [0, 0.05) is 6.20 Å². The van der Waals surface area contributed by atoms with Crippen LogP contribution in [0.4, 0.5) is 0 Å². The van der Waals surface area contributed by atoms with Crippen molar-refractivity contribution in [3.05, 3.63) is 45.4 Å². The number of thiazole rings is 1. The number of esters is 1. The van der Waals surface area contributed by atoms with Gasteiger partial charge in [0.2, 0.25) is 0 Å². The predicted octanol–water partition coefficient (Wildman–Crippen LogP) is 3.83. The van der Waals surface area contributed by atoms with Gasteiger partial charge < -0.3 is 9.47 Å². The summed E-state index contributed by atoms with van der Waals surface area (Å²) in [6.07, 6.45) is 1.69. The number of carbonyl (C=O) groups excluding carboxylic acids is 1. The van der Waals surface area contributed by atoms with Crippen LogP contribution in [-0.2, 0) is 21.6 Å². The van der Waals surface area contributed by atoms with E-state index < -0.39 is 5.41 Å². The lowest BCUT2D eigenvalue weighted by atomic mass is 9.85. The summed E-state index contributed by atoms with van der Waals surface area (Å²) in [5.41, 5.74) is 0.122. The molecule has 0 bridgehead atoms. The van der Waals surface area contributed by atoms with Crippen LogP contribution in [0, 0.1) is 0 Å². The molecule has 1 heterocycles. The Hall–Kier alpha value is -1.59. The van der Waals surface area contributed by atoms with Crippen LogP contribution in [0.25, 0.3) is 0 Å². The van der Waals surface area contributed by atoms with E-state index in [2.05, 4.69) is 4.98 Å². The second-order valence-corrected chi connectivity index (χ2v) is 6.71. The molecule has 0 fully saturated rings. The molecule has 0 spiro atoms. The zero-order valence-corrected chi connectivity index (χ0v) is 13.6. The molecule has 1 aromatic carbocycles. The average Bonchev–Trinajstić information content (AvgIpc) is 2.90. The van der Waals surface area contributed by atoms with Gasteiger partial charge in [0.15, 0.2) is 4.47 Å². The highest BCUT2D eigenvalue weighted by Crippen LogP contribution is 2.28. The number of benzene rings is 1. The van der Waals surface area contributed by atoms with E-state index in [1.54, 1.807) is 6.20 Å². The van der Waals surface area contributed by atoms with Crippen LogP contribution < -0.4 is 4.74 Å². The maximum absolute atomic E-state index is 11.8. The molecule has 0 N–H and O–H groups in total. The molecule has 6 heteroatoms. The van der Waals surface area contributed by atoms with Gasteiger partial charge in [0.25, 0.3) is 0 Å². The third-order valence-corrected chi connectivity index (χ3v) is 4.25. The minimum atomic E-state index is -0.720. The standard InChI is InChI=1S/C15H16ClNO3S/c1-15(2,13(18)19-3)10-5-4-6-11(7-10)20-9-12-8-17-14(16)21-12/h4-8H,9H2,1-3H3. The largest absolute Gasteiger partial charge is 0.488 e. The van der Waals surface area contributed by atoms with Crippen LogP contribution in [0.15, 0.2) is 30.5 Å². The molecule has 0 radical (unpaired) electrons. The first kappa shape index (κ1) is 15.8. The molecular weight excluding hydrogens is 310 g/mol. The number of nitrogens with zero attached hydrogens (tertiary/aromatic N) is 1. The van der Waals surface area contributed by atoms with Crippen molar-refractivity contribution < 1.29 is 14.3 Å². The summed E-state index contributed by atoms with van der Waals surface area (Å²) in [5.74, 6) is 0.405. The number of ether oxygens (including phenoxy) is 2.